The normalized spacial score (nSPS) is 10.5. The third-order valence-corrected chi connectivity index (χ3v) is 3.76. The monoisotopic (exact) mass is 323 g/mol. The Morgan fingerprint density at radius 3 is 2.38 bits per heavy atom. The van der Waals surface area contributed by atoms with Gasteiger partial charge in [0.15, 0.2) is 0 Å². The second-order valence-corrected chi connectivity index (χ2v) is 5.26. The molecule has 0 heterocycles. The summed E-state index contributed by atoms with van der Waals surface area (Å²) >= 11 is 0. The third-order valence-electron chi connectivity index (χ3n) is 3.76. The number of nitrogens with zero attached hydrogens (tertiary/aromatic N) is 1. The fourth-order valence-corrected chi connectivity index (χ4v) is 2.54. The van der Waals surface area contributed by atoms with E-state index in [0.717, 1.165) is 22.6 Å². The molecule has 1 N–H and O–H groups in total. The highest BCUT2D eigenvalue weighted by Crippen LogP contribution is 2.30. The highest BCUT2D eigenvalue weighted by Gasteiger charge is 2.15. The number of methoxy groups -OCH3 is 1. The number of nitro groups is 1. The van der Waals surface area contributed by atoms with E-state index in [-0.39, 0.29) is 11.3 Å². The number of benzene rings is 3. The topological polar surface area (TPSA) is 89.7 Å². The molecule has 3 aromatic rings. The van der Waals surface area contributed by atoms with Crippen LogP contribution < -0.4 is 4.74 Å². The molecule has 3 rings (SSSR count). The number of aromatic carboxylic acids is 1. The van der Waals surface area contributed by atoms with E-state index in [9.17, 15) is 14.9 Å². The van der Waals surface area contributed by atoms with Crippen LogP contribution in [0.5, 0.6) is 5.75 Å². The van der Waals surface area contributed by atoms with Gasteiger partial charge in [0.25, 0.3) is 5.69 Å². The molecule has 0 amide bonds. The number of fused-ring (bicyclic) bond motifs is 1. The zero-order valence-electron chi connectivity index (χ0n) is 12.7. The number of non-ortho nitro benzene ring substituents is 1. The van der Waals surface area contributed by atoms with Crippen LogP contribution in [-0.4, -0.2) is 23.1 Å². The second kappa shape index (κ2) is 6.00. The molecular formula is C18H13NO5. The molecular weight excluding hydrogens is 310 g/mol. The number of carboxylic acids is 1. The quantitative estimate of drug-likeness (QED) is 0.576. The van der Waals surface area contributed by atoms with Gasteiger partial charge in [-0.25, -0.2) is 4.79 Å². The molecule has 0 aliphatic rings. The Balaban J connectivity index is 2.15. The lowest BCUT2D eigenvalue weighted by molar-refractivity contribution is -0.384. The first-order chi connectivity index (χ1) is 11.5. The molecule has 0 fully saturated rings. The lowest BCUT2D eigenvalue weighted by Gasteiger charge is -2.07. The minimum absolute atomic E-state index is 0.117. The van der Waals surface area contributed by atoms with Crippen LogP contribution in [-0.2, 0) is 0 Å². The predicted octanol–water partition coefficient (Wildman–Crippen LogP) is 4.12. The van der Waals surface area contributed by atoms with Gasteiger partial charge in [-0.15, -0.1) is 0 Å². The average molecular weight is 323 g/mol. The number of nitro benzene ring substituents is 1. The molecule has 6 nitrogen and oxygen atoms in total. The smallest absolute Gasteiger partial charge is 0.335 e. The summed E-state index contributed by atoms with van der Waals surface area (Å²) in [5.74, 6) is -0.468. The molecule has 0 unspecified atom stereocenters. The SMILES string of the molecule is COc1ccc2cc(-c3cc(C(=O)O)cc([N+](=O)[O-])c3)ccc2c1. The van der Waals surface area contributed by atoms with Gasteiger partial charge in [0.1, 0.15) is 5.75 Å². The van der Waals surface area contributed by atoms with Gasteiger partial charge < -0.3 is 9.84 Å². The standard InChI is InChI=1S/C18H13NO5/c1-24-17-5-4-11-6-12(2-3-13(11)10-17)14-7-15(18(20)21)9-16(8-14)19(22)23/h2-10H,1H3,(H,20,21). The van der Waals surface area contributed by atoms with E-state index in [4.69, 9.17) is 9.84 Å². The van der Waals surface area contributed by atoms with Crippen molar-refractivity contribution >= 4 is 22.4 Å². The fraction of sp³-hybridized carbons (Fsp3) is 0.0556. The summed E-state index contributed by atoms with van der Waals surface area (Å²) in [6.45, 7) is 0. The molecule has 0 atom stereocenters. The molecule has 0 aliphatic carbocycles. The number of carbonyl (C=O) groups is 1. The van der Waals surface area contributed by atoms with Crippen molar-refractivity contribution in [1.29, 1.82) is 0 Å². The van der Waals surface area contributed by atoms with E-state index in [1.165, 1.54) is 12.1 Å². The molecule has 6 heteroatoms. The number of carboxylic acid groups (broad SMARTS) is 1. The van der Waals surface area contributed by atoms with Crippen LogP contribution in [0.4, 0.5) is 5.69 Å². The van der Waals surface area contributed by atoms with Crippen LogP contribution in [0.15, 0.2) is 54.6 Å². The fourth-order valence-electron chi connectivity index (χ4n) is 2.54. The third kappa shape index (κ3) is 2.89. The van der Waals surface area contributed by atoms with E-state index in [1.807, 2.05) is 30.3 Å². The van der Waals surface area contributed by atoms with E-state index in [2.05, 4.69) is 0 Å². The van der Waals surface area contributed by atoms with E-state index in [1.54, 1.807) is 13.2 Å². The molecule has 0 saturated heterocycles. The van der Waals surface area contributed by atoms with Gasteiger partial charge in [0.2, 0.25) is 0 Å². The number of ether oxygens (including phenoxy) is 1. The van der Waals surface area contributed by atoms with Crippen molar-refractivity contribution in [1.82, 2.24) is 0 Å². The maximum absolute atomic E-state index is 11.2. The van der Waals surface area contributed by atoms with Gasteiger partial charge in [-0.05, 0) is 46.2 Å². The summed E-state index contributed by atoms with van der Waals surface area (Å²) in [6.07, 6.45) is 0. The molecule has 0 aliphatic heterocycles. The van der Waals surface area contributed by atoms with Crippen LogP contribution in [0.1, 0.15) is 10.4 Å². The molecule has 120 valence electrons. The van der Waals surface area contributed by atoms with Crippen molar-refractivity contribution in [3.63, 3.8) is 0 Å². The maximum atomic E-state index is 11.2. The first kappa shape index (κ1) is 15.5. The largest absolute Gasteiger partial charge is 0.497 e. The lowest BCUT2D eigenvalue weighted by Crippen LogP contribution is -1.99. The van der Waals surface area contributed by atoms with Crippen molar-refractivity contribution < 1.29 is 19.6 Å². The van der Waals surface area contributed by atoms with Gasteiger partial charge in [0.05, 0.1) is 17.6 Å². The molecule has 0 spiro atoms. The minimum atomic E-state index is -1.20. The zero-order valence-corrected chi connectivity index (χ0v) is 12.7. The summed E-state index contributed by atoms with van der Waals surface area (Å²) < 4.78 is 5.18. The molecule has 0 bridgehead atoms. The van der Waals surface area contributed by atoms with E-state index in [0.29, 0.717) is 11.1 Å². The van der Waals surface area contributed by atoms with Gasteiger partial charge in [-0.1, -0.05) is 18.2 Å². The summed E-state index contributed by atoms with van der Waals surface area (Å²) in [4.78, 5) is 21.7. The van der Waals surface area contributed by atoms with Gasteiger partial charge in [-0.3, -0.25) is 10.1 Å². The zero-order chi connectivity index (χ0) is 17.3. The van der Waals surface area contributed by atoms with Crippen molar-refractivity contribution in [2.45, 2.75) is 0 Å². The summed E-state index contributed by atoms with van der Waals surface area (Å²) in [5, 5.41) is 22.1. The summed E-state index contributed by atoms with van der Waals surface area (Å²) in [6, 6.07) is 15.0. The van der Waals surface area contributed by atoms with Crippen LogP contribution in [0.25, 0.3) is 21.9 Å². The van der Waals surface area contributed by atoms with Crippen molar-refractivity contribution in [3.8, 4) is 16.9 Å². The Morgan fingerprint density at radius 1 is 1.00 bits per heavy atom. The Hall–Kier alpha value is -3.41. The van der Waals surface area contributed by atoms with Crippen molar-refractivity contribution in [2.24, 2.45) is 0 Å². The van der Waals surface area contributed by atoms with E-state index < -0.39 is 10.9 Å². The first-order valence-corrected chi connectivity index (χ1v) is 7.09. The summed E-state index contributed by atoms with van der Waals surface area (Å²) in [7, 11) is 1.59. The Labute approximate surface area is 137 Å². The number of rotatable bonds is 4. The molecule has 0 saturated carbocycles. The highest BCUT2D eigenvalue weighted by atomic mass is 16.6. The summed E-state index contributed by atoms with van der Waals surface area (Å²) in [5.41, 5.74) is 0.826. The van der Waals surface area contributed by atoms with Crippen molar-refractivity contribution in [2.75, 3.05) is 7.11 Å². The van der Waals surface area contributed by atoms with Gasteiger partial charge >= 0.3 is 5.97 Å². The van der Waals surface area contributed by atoms with Gasteiger partial charge in [-0.2, -0.15) is 0 Å². The Bertz CT molecular complexity index is 933. The predicted molar refractivity (Wildman–Crippen MR) is 89.5 cm³/mol. The molecule has 0 radical (unpaired) electrons. The second-order valence-electron chi connectivity index (χ2n) is 5.26. The highest BCUT2D eigenvalue weighted by molar-refractivity contribution is 5.92. The molecule has 0 aromatic heterocycles. The first-order valence-electron chi connectivity index (χ1n) is 7.09. The Morgan fingerprint density at radius 2 is 1.71 bits per heavy atom. The molecule has 3 aromatic carbocycles. The van der Waals surface area contributed by atoms with Crippen LogP contribution >= 0.6 is 0 Å². The van der Waals surface area contributed by atoms with Crippen molar-refractivity contribution in [3.05, 3.63) is 70.3 Å². The minimum Gasteiger partial charge on any atom is -0.497 e. The van der Waals surface area contributed by atoms with E-state index >= 15 is 0 Å². The number of hydrogen-bond donors (Lipinski definition) is 1. The van der Waals surface area contributed by atoms with Crippen LogP contribution in [0.3, 0.4) is 0 Å². The number of hydrogen-bond acceptors (Lipinski definition) is 4. The molecule has 24 heavy (non-hydrogen) atoms. The van der Waals surface area contributed by atoms with Gasteiger partial charge in [0, 0.05) is 12.1 Å². The van der Waals surface area contributed by atoms with Crippen LogP contribution in [0, 0.1) is 10.1 Å². The average Bonchev–Trinajstić information content (AvgIpc) is 2.60. The maximum Gasteiger partial charge on any atom is 0.335 e. The Kier molecular flexibility index (Phi) is 3.87. The lowest BCUT2D eigenvalue weighted by atomic mass is 9.99. The van der Waals surface area contributed by atoms with Crippen LogP contribution in [0.2, 0.25) is 0 Å².